The molecule has 0 spiro atoms. The highest BCUT2D eigenvalue weighted by molar-refractivity contribution is 6.09. The van der Waals surface area contributed by atoms with Gasteiger partial charge in [0.25, 0.3) is 0 Å². The quantitative estimate of drug-likeness (QED) is 0.286. The van der Waals surface area contributed by atoms with Gasteiger partial charge in [0.1, 0.15) is 5.41 Å². The van der Waals surface area contributed by atoms with Crippen LogP contribution in [0.2, 0.25) is 0 Å². The lowest BCUT2D eigenvalue weighted by Crippen LogP contribution is -2.38. The van der Waals surface area contributed by atoms with Crippen LogP contribution < -0.4 is 0 Å². The highest BCUT2D eigenvalue weighted by atomic mass is 16.1. The first kappa shape index (κ1) is 18.9. The predicted molar refractivity (Wildman–Crippen MR) is 119 cm³/mol. The minimum atomic E-state index is -0.911. The molecule has 0 saturated carbocycles. The molecule has 0 aliphatic carbocycles. The van der Waals surface area contributed by atoms with E-state index in [0.717, 1.165) is 22.3 Å². The minimum absolute atomic E-state index is 0.0822. The Morgan fingerprint density at radius 2 is 0.897 bits per heavy atom. The molecular formula is C28H24O. The molecule has 142 valence electrons. The van der Waals surface area contributed by atoms with Gasteiger partial charge in [0.15, 0.2) is 5.78 Å². The number of hydrogen-bond donors (Lipinski definition) is 0. The fourth-order valence-corrected chi connectivity index (χ4v) is 3.99. The Bertz CT molecular complexity index is 1050. The van der Waals surface area contributed by atoms with E-state index >= 15 is 0 Å². The van der Waals surface area contributed by atoms with Crippen molar-refractivity contribution < 1.29 is 4.79 Å². The smallest absolute Gasteiger partial charge is 0.182 e. The van der Waals surface area contributed by atoms with Crippen molar-refractivity contribution in [2.45, 2.75) is 19.3 Å². The van der Waals surface area contributed by atoms with Crippen LogP contribution in [0, 0.1) is 13.8 Å². The van der Waals surface area contributed by atoms with Crippen molar-refractivity contribution >= 4 is 5.78 Å². The Morgan fingerprint density at radius 1 is 0.517 bits per heavy atom. The Labute approximate surface area is 172 Å². The summed E-state index contributed by atoms with van der Waals surface area (Å²) >= 11 is 0. The van der Waals surface area contributed by atoms with E-state index in [2.05, 4.69) is 55.5 Å². The average Bonchev–Trinajstić information content (AvgIpc) is 2.77. The van der Waals surface area contributed by atoms with E-state index in [1.165, 1.54) is 5.56 Å². The summed E-state index contributed by atoms with van der Waals surface area (Å²) in [6, 6.07) is 36.4. The molecular weight excluding hydrogens is 352 g/mol. The van der Waals surface area contributed by atoms with Crippen molar-refractivity contribution in [3.63, 3.8) is 0 Å². The Kier molecular flexibility index (Phi) is 5.14. The zero-order valence-corrected chi connectivity index (χ0v) is 16.8. The van der Waals surface area contributed by atoms with Gasteiger partial charge in [0.2, 0.25) is 0 Å². The monoisotopic (exact) mass is 376 g/mol. The van der Waals surface area contributed by atoms with Crippen molar-refractivity contribution in [1.82, 2.24) is 0 Å². The highest BCUT2D eigenvalue weighted by Gasteiger charge is 2.43. The molecule has 0 N–H and O–H groups in total. The normalized spacial score (nSPS) is 11.2. The van der Waals surface area contributed by atoms with Crippen LogP contribution in [0.25, 0.3) is 0 Å². The number of ketones is 1. The van der Waals surface area contributed by atoms with Gasteiger partial charge in [-0.1, -0.05) is 120 Å². The van der Waals surface area contributed by atoms with E-state index < -0.39 is 5.41 Å². The number of carbonyl (C=O) groups excluding carboxylic acids is 1. The summed E-state index contributed by atoms with van der Waals surface area (Å²) in [6.45, 7) is 4.11. The van der Waals surface area contributed by atoms with Gasteiger partial charge in [0.05, 0.1) is 0 Å². The SMILES string of the molecule is Cc1ccc(C(=O)C(c2ccccc2)(c2ccccc2)c2ccc(C)cc2)cc1. The number of Topliss-reactive ketones (excluding diaryl/α,β-unsaturated/α-hetero) is 1. The summed E-state index contributed by atoms with van der Waals surface area (Å²) < 4.78 is 0. The van der Waals surface area contributed by atoms with Crippen LogP contribution in [0.3, 0.4) is 0 Å². The van der Waals surface area contributed by atoms with Crippen molar-refractivity contribution in [2.24, 2.45) is 0 Å². The van der Waals surface area contributed by atoms with Gasteiger partial charge in [0, 0.05) is 5.56 Å². The van der Waals surface area contributed by atoms with Gasteiger partial charge >= 0.3 is 0 Å². The topological polar surface area (TPSA) is 17.1 Å². The molecule has 29 heavy (non-hydrogen) atoms. The van der Waals surface area contributed by atoms with Crippen LogP contribution in [0.1, 0.15) is 38.2 Å². The van der Waals surface area contributed by atoms with Crippen LogP contribution in [0.5, 0.6) is 0 Å². The van der Waals surface area contributed by atoms with Crippen molar-refractivity contribution in [3.8, 4) is 0 Å². The van der Waals surface area contributed by atoms with Crippen LogP contribution in [-0.2, 0) is 5.41 Å². The van der Waals surface area contributed by atoms with E-state index in [4.69, 9.17) is 0 Å². The fourth-order valence-electron chi connectivity index (χ4n) is 3.99. The lowest BCUT2D eigenvalue weighted by molar-refractivity contribution is 0.0935. The molecule has 0 aliphatic rings. The maximum Gasteiger partial charge on any atom is 0.182 e. The molecule has 0 aliphatic heterocycles. The molecule has 4 rings (SSSR count). The number of benzene rings is 4. The number of aryl methyl sites for hydroxylation is 2. The maximum absolute atomic E-state index is 14.3. The van der Waals surface area contributed by atoms with Gasteiger partial charge in [-0.2, -0.15) is 0 Å². The number of carbonyl (C=O) groups is 1. The second-order valence-electron chi connectivity index (χ2n) is 7.54. The van der Waals surface area contributed by atoms with Gasteiger partial charge in [-0.05, 0) is 30.5 Å². The summed E-state index contributed by atoms with van der Waals surface area (Å²) in [4.78, 5) is 14.3. The van der Waals surface area contributed by atoms with E-state index in [0.29, 0.717) is 5.56 Å². The molecule has 0 fully saturated rings. The van der Waals surface area contributed by atoms with Crippen LogP contribution in [0.4, 0.5) is 0 Å². The molecule has 0 amide bonds. The second kappa shape index (κ2) is 7.89. The Balaban J connectivity index is 2.07. The van der Waals surface area contributed by atoms with Crippen molar-refractivity contribution in [3.05, 3.63) is 143 Å². The van der Waals surface area contributed by atoms with Gasteiger partial charge in [-0.15, -0.1) is 0 Å². The molecule has 1 heteroatoms. The summed E-state index contributed by atoms with van der Waals surface area (Å²) in [6.07, 6.45) is 0. The first-order chi connectivity index (χ1) is 14.1. The highest BCUT2D eigenvalue weighted by Crippen LogP contribution is 2.42. The maximum atomic E-state index is 14.3. The molecule has 0 heterocycles. The summed E-state index contributed by atoms with van der Waals surface area (Å²) in [7, 11) is 0. The summed E-state index contributed by atoms with van der Waals surface area (Å²) in [5.41, 5.74) is 5.04. The Morgan fingerprint density at radius 3 is 1.34 bits per heavy atom. The predicted octanol–water partition coefficient (Wildman–Crippen LogP) is 6.52. The molecule has 0 aromatic heterocycles. The molecule has 0 radical (unpaired) electrons. The van der Waals surface area contributed by atoms with E-state index in [1.54, 1.807) is 0 Å². The molecule has 4 aromatic rings. The van der Waals surface area contributed by atoms with Crippen LogP contribution in [0.15, 0.2) is 109 Å². The molecule has 0 bridgehead atoms. The lowest BCUT2D eigenvalue weighted by Gasteiger charge is -2.34. The molecule has 4 aromatic carbocycles. The zero-order valence-electron chi connectivity index (χ0n) is 16.8. The third-order valence-corrected chi connectivity index (χ3v) is 5.55. The minimum Gasteiger partial charge on any atom is -0.292 e. The average molecular weight is 376 g/mol. The largest absolute Gasteiger partial charge is 0.292 e. The summed E-state index contributed by atoms with van der Waals surface area (Å²) in [5, 5.41) is 0. The molecule has 1 nitrogen and oxygen atoms in total. The van der Waals surface area contributed by atoms with Crippen molar-refractivity contribution in [1.29, 1.82) is 0 Å². The third-order valence-electron chi connectivity index (χ3n) is 5.55. The number of rotatable bonds is 5. The molecule has 0 unspecified atom stereocenters. The first-order valence-electron chi connectivity index (χ1n) is 9.92. The van der Waals surface area contributed by atoms with Crippen LogP contribution in [-0.4, -0.2) is 5.78 Å². The van der Waals surface area contributed by atoms with Crippen molar-refractivity contribution in [2.75, 3.05) is 0 Å². The zero-order chi connectivity index (χ0) is 20.3. The molecule has 0 atom stereocenters. The summed E-state index contributed by atoms with van der Waals surface area (Å²) in [5.74, 6) is 0.0822. The standard InChI is InChI=1S/C28H24O/c1-21-13-17-23(18-14-21)27(29)28(24-9-5-3-6-10-24,25-11-7-4-8-12-25)26-19-15-22(2)16-20-26/h3-20H,1-2H3. The van der Waals surface area contributed by atoms with E-state index in [1.807, 2.05) is 67.6 Å². The van der Waals surface area contributed by atoms with E-state index in [9.17, 15) is 4.79 Å². The van der Waals surface area contributed by atoms with Gasteiger partial charge in [-0.3, -0.25) is 4.79 Å². The second-order valence-corrected chi connectivity index (χ2v) is 7.54. The van der Waals surface area contributed by atoms with Gasteiger partial charge in [-0.25, -0.2) is 0 Å². The van der Waals surface area contributed by atoms with E-state index in [-0.39, 0.29) is 5.78 Å². The Hall–Kier alpha value is -3.45. The lowest BCUT2D eigenvalue weighted by atomic mass is 9.65. The number of hydrogen-bond acceptors (Lipinski definition) is 1. The molecule has 0 saturated heterocycles. The first-order valence-corrected chi connectivity index (χ1v) is 9.92. The van der Waals surface area contributed by atoms with Crippen LogP contribution >= 0.6 is 0 Å². The fraction of sp³-hybridized carbons (Fsp3) is 0.107. The van der Waals surface area contributed by atoms with Gasteiger partial charge < -0.3 is 0 Å². The third kappa shape index (κ3) is 3.40.